The van der Waals surface area contributed by atoms with Gasteiger partial charge in [0.15, 0.2) is 0 Å². The third kappa shape index (κ3) is 6.64. The van der Waals surface area contributed by atoms with Gasteiger partial charge in [0.05, 0.1) is 11.1 Å². The minimum absolute atomic E-state index is 0.399. The highest BCUT2D eigenvalue weighted by molar-refractivity contribution is 5.84. The van der Waals surface area contributed by atoms with Crippen LogP contribution in [0.2, 0.25) is 0 Å². The predicted octanol–water partition coefficient (Wildman–Crippen LogP) is 7.80. The molecule has 2 nitrogen and oxygen atoms in total. The van der Waals surface area contributed by atoms with Crippen molar-refractivity contribution in [1.82, 2.24) is 0 Å². The normalized spacial score (nSPS) is 12.5. The van der Waals surface area contributed by atoms with Crippen LogP contribution in [0.5, 0.6) is 0 Å². The molecule has 1 aromatic heterocycles. The van der Waals surface area contributed by atoms with Gasteiger partial charge in [-0.3, -0.25) is 0 Å². The highest BCUT2D eigenvalue weighted by Gasteiger charge is 2.30. The van der Waals surface area contributed by atoms with E-state index in [2.05, 4.69) is 18.8 Å². The Kier molecular flexibility index (Phi) is 8.41. The van der Waals surface area contributed by atoms with Gasteiger partial charge in [0, 0.05) is 17.8 Å². The summed E-state index contributed by atoms with van der Waals surface area (Å²) in [6.07, 6.45) is 6.17. The molecular weight excluding hydrogens is 411 g/mol. The van der Waals surface area contributed by atoms with Crippen molar-refractivity contribution in [3.63, 3.8) is 0 Å². The van der Waals surface area contributed by atoms with Gasteiger partial charge in [-0.2, -0.15) is 13.2 Å². The van der Waals surface area contributed by atoms with E-state index in [1.54, 1.807) is 6.26 Å². The summed E-state index contributed by atoms with van der Waals surface area (Å²) in [7, 11) is 0. The van der Waals surface area contributed by atoms with Crippen LogP contribution in [0.15, 0.2) is 53.1 Å². The number of nitrogens with two attached hydrogens (primary N) is 1. The maximum absolute atomic E-state index is 12.8. The zero-order chi connectivity index (χ0) is 23.0. The molecule has 0 saturated carbocycles. The van der Waals surface area contributed by atoms with Crippen LogP contribution in [0.25, 0.3) is 11.0 Å². The fraction of sp³-hybridized carbons (Fsp3) is 0.407. The molecule has 0 aliphatic heterocycles. The van der Waals surface area contributed by atoms with Crippen LogP contribution in [0.4, 0.5) is 13.2 Å². The number of unbranched alkanes of at least 4 members (excludes halogenated alkanes) is 6. The average molecular weight is 442 g/mol. The highest BCUT2D eigenvalue weighted by Crippen LogP contribution is 2.30. The molecule has 0 amide bonds. The fourth-order valence-electron chi connectivity index (χ4n) is 3.74. The molecule has 2 aromatic carbocycles. The van der Waals surface area contributed by atoms with Crippen molar-refractivity contribution >= 4 is 11.0 Å². The van der Waals surface area contributed by atoms with Gasteiger partial charge in [0.25, 0.3) is 0 Å². The Labute approximate surface area is 188 Å². The molecule has 2 N–H and O–H groups in total. The first-order chi connectivity index (χ1) is 15.4. The molecular formula is C27H30F3NO. The molecule has 1 atom stereocenters. The van der Waals surface area contributed by atoms with E-state index < -0.39 is 17.8 Å². The van der Waals surface area contributed by atoms with E-state index in [9.17, 15) is 13.2 Å². The number of rotatable bonds is 9. The van der Waals surface area contributed by atoms with Crippen molar-refractivity contribution in [1.29, 1.82) is 0 Å². The number of alkyl halides is 3. The number of benzene rings is 2. The largest absolute Gasteiger partial charge is 0.463 e. The monoisotopic (exact) mass is 441 g/mol. The van der Waals surface area contributed by atoms with Crippen molar-refractivity contribution in [3.05, 3.63) is 71.0 Å². The molecule has 3 aromatic rings. The van der Waals surface area contributed by atoms with Gasteiger partial charge in [-0.25, -0.2) is 0 Å². The Bertz CT molecular complexity index is 1050. The molecule has 0 aliphatic rings. The summed E-state index contributed by atoms with van der Waals surface area (Å²) in [5.74, 6) is 6.47. The Hall–Kier alpha value is -2.71. The molecule has 5 heteroatoms. The van der Waals surface area contributed by atoms with E-state index in [4.69, 9.17) is 10.2 Å². The zero-order valence-electron chi connectivity index (χ0n) is 18.5. The van der Waals surface area contributed by atoms with E-state index in [1.807, 2.05) is 18.2 Å². The van der Waals surface area contributed by atoms with Gasteiger partial charge in [-0.1, -0.05) is 69.1 Å². The van der Waals surface area contributed by atoms with E-state index in [0.29, 0.717) is 12.0 Å². The van der Waals surface area contributed by atoms with Crippen molar-refractivity contribution in [2.45, 2.75) is 70.5 Å². The number of halogens is 3. The quantitative estimate of drug-likeness (QED) is 0.272. The summed E-state index contributed by atoms with van der Waals surface area (Å²) in [5.41, 5.74) is 8.88. The van der Waals surface area contributed by atoms with Crippen LogP contribution in [-0.2, 0) is 12.6 Å². The summed E-state index contributed by atoms with van der Waals surface area (Å²) < 4.78 is 43.9. The Morgan fingerprint density at radius 2 is 1.69 bits per heavy atom. The van der Waals surface area contributed by atoms with Crippen LogP contribution in [0.3, 0.4) is 0 Å². The predicted molar refractivity (Wildman–Crippen MR) is 123 cm³/mol. The van der Waals surface area contributed by atoms with Crippen LogP contribution < -0.4 is 5.73 Å². The molecule has 3 rings (SSSR count). The Morgan fingerprint density at radius 1 is 0.969 bits per heavy atom. The van der Waals surface area contributed by atoms with Crippen LogP contribution in [0, 0.1) is 11.8 Å². The third-order valence-corrected chi connectivity index (χ3v) is 5.64. The lowest BCUT2D eigenvalue weighted by Gasteiger charge is -2.14. The van der Waals surface area contributed by atoms with E-state index in [-0.39, 0.29) is 0 Å². The second kappa shape index (κ2) is 11.2. The average Bonchev–Trinajstić information content (AvgIpc) is 3.17. The maximum Gasteiger partial charge on any atom is 0.416 e. The first kappa shape index (κ1) is 23.9. The Morgan fingerprint density at radius 3 is 2.41 bits per heavy atom. The molecule has 0 bridgehead atoms. The number of furan rings is 1. The molecule has 0 aliphatic carbocycles. The second-order valence-electron chi connectivity index (χ2n) is 8.23. The number of hydrogen-bond donors (Lipinski definition) is 1. The van der Waals surface area contributed by atoms with Crippen molar-refractivity contribution in [3.8, 4) is 11.8 Å². The summed E-state index contributed by atoms with van der Waals surface area (Å²) >= 11 is 0. The lowest BCUT2D eigenvalue weighted by molar-refractivity contribution is -0.137. The molecule has 0 saturated heterocycles. The van der Waals surface area contributed by atoms with Gasteiger partial charge in [0.1, 0.15) is 11.8 Å². The summed E-state index contributed by atoms with van der Waals surface area (Å²) in [5, 5.41) is 0.942. The minimum Gasteiger partial charge on any atom is -0.463 e. The lowest BCUT2D eigenvalue weighted by Crippen LogP contribution is -2.14. The van der Waals surface area contributed by atoms with Crippen LogP contribution in [-0.4, -0.2) is 0 Å². The van der Waals surface area contributed by atoms with Gasteiger partial charge in [-0.05, 0) is 48.2 Å². The van der Waals surface area contributed by atoms with Crippen molar-refractivity contribution in [2.75, 3.05) is 0 Å². The number of hydrogen-bond acceptors (Lipinski definition) is 2. The van der Waals surface area contributed by atoms with Gasteiger partial charge in [-0.15, -0.1) is 0 Å². The second-order valence-corrected chi connectivity index (χ2v) is 8.23. The topological polar surface area (TPSA) is 39.2 Å². The standard InChI is InChI=1S/C27H30F3NO/c1-2-3-4-5-6-7-8-9-10-22-19-32-26-16-11-20(17-24(22)26)18-25(31)21-12-14-23(15-13-21)27(28,29)30/h11-17,19,25H,2-8,18,31H2,1H3. The summed E-state index contributed by atoms with van der Waals surface area (Å²) in [6, 6.07) is 10.5. The third-order valence-electron chi connectivity index (χ3n) is 5.64. The molecule has 0 fully saturated rings. The fourth-order valence-corrected chi connectivity index (χ4v) is 3.74. The van der Waals surface area contributed by atoms with Crippen molar-refractivity contribution < 1.29 is 17.6 Å². The molecule has 0 spiro atoms. The molecule has 1 unspecified atom stereocenters. The molecule has 0 radical (unpaired) electrons. The van der Waals surface area contributed by atoms with E-state index in [1.165, 1.54) is 44.2 Å². The SMILES string of the molecule is CCCCCCCCC#Cc1coc2ccc(CC(N)c3ccc(C(F)(F)F)cc3)cc12. The summed E-state index contributed by atoms with van der Waals surface area (Å²) in [4.78, 5) is 0. The molecule has 32 heavy (non-hydrogen) atoms. The molecule has 1 heterocycles. The minimum atomic E-state index is -4.35. The first-order valence-electron chi connectivity index (χ1n) is 11.3. The zero-order valence-corrected chi connectivity index (χ0v) is 18.5. The maximum atomic E-state index is 12.8. The van der Waals surface area contributed by atoms with Crippen LogP contribution in [0.1, 0.15) is 80.2 Å². The van der Waals surface area contributed by atoms with E-state index >= 15 is 0 Å². The molecule has 170 valence electrons. The highest BCUT2D eigenvalue weighted by atomic mass is 19.4. The smallest absolute Gasteiger partial charge is 0.416 e. The van der Waals surface area contributed by atoms with Crippen LogP contribution >= 0.6 is 0 Å². The Balaban J connectivity index is 1.62. The number of fused-ring (bicyclic) bond motifs is 1. The van der Waals surface area contributed by atoms with Crippen molar-refractivity contribution in [2.24, 2.45) is 5.73 Å². The lowest BCUT2D eigenvalue weighted by atomic mass is 9.97. The van der Waals surface area contributed by atoms with Gasteiger partial charge < -0.3 is 10.2 Å². The first-order valence-corrected chi connectivity index (χ1v) is 11.3. The van der Waals surface area contributed by atoms with E-state index in [0.717, 1.165) is 47.1 Å². The van der Waals surface area contributed by atoms with Gasteiger partial charge >= 0.3 is 6.18 Å². The van der Waals surface area contributed by atoms with Gasteiger partial charge in [0.2, 0.25) is 0 Å². The summed E-state index contributed by atoms with van der Waals surface area (Å²) in [6.45, 7) is 2.22.